The lowest BCUT2D eigenvalue weighted by Gasteiger charge is -2.38. The van der Waals surface area contributed by atoms with Crippen LogP contribution in [0.25, 0.3) is 0 Å². The number of likely N-dealkylation sites (N-methyl/N-ethyl adjacent to an activating group) is 1. The van der Waals surface area contributed by atoms with Gasteiger partial charge in [0.05, 0.1) is 18.3 Å². The Morgan fingerprint density at radius 1 is 1.03 bits per heavy atom. The first-order valence-corrected chi connectivity index (χ1v) is 11.2. The molecular weight excluding hydrogens is 402 g/mol. The summed E-state index contributed by atoms with van der Waals surface area (Å²) >= 11 is 0. The van der Waals surface area contributed by atoms with Gasteiger partial charge in [0.15, 0.2) is 5.69 Å². The smallest absolute Gasteiger partial charge is 0.275 e. The molecule has 2 heterocycles. The van der Waals surface area contributed by atoms with Crippen molar-refractivity contribution in [2.75, 3.05) is 26.7 Å². The first-order valence-electron chi connectivity index (χ1n) is 11.2. The van der Waals surface area contributed by atoms with E-state index < -0.39 is 5.60 Å². The molecule has 1 saturated heterocycles. The van der Waals surface area contributed by atoms with Crippen molar-refractivity contribution in [1.29, 1.82) is 0 Å². The van der Waals surface area contributed by atoms with E-state index >= 15 is 0 Å². The van der Waals surface area contributed by atoms with Crippen LogP contribution in [0.2, 0.25) is 0 Å². The Hall–Kier alpha value is -3.03. The van der Waals surface area contributed by atoms with Gasteiger partial charge in [0.2, 0.25) is 0 Å². The standard InChI is InChI=1S/C25H31N5O2/c1-28(15-12-21-8-4-2-5-9-21)24(31)23-19-30(27-26-23)20-25(32)13-16-29(17-14-25)18-22-10-6-3-7-11-22/h2-11,19,32H,12-18,20H2,1H3. The Labute approximate surface area is 189 Å². The van der Waals surface area contributed by atoms with Gasteiger partial charge in [0.25, 0.3) is 5.91 Å². The zero-order valence-corrected chi connectivity index (χ0v) is 18.6. The lowest BCUT2D eigenvalue weighted by molar-refractivity contribution is -0.0383. The van der Waals surface area contributed by atoms with Crippen LogP contribution in [0.15, 0.2) is 66.9 Å². The molecule has 1 aliphatic rings. The van der Waals surface area contributed by atoms with Gasteiger partial charge in [-0.3, -0.25) is 9.69 Å². The van der Waals surface area contributed by atoms with Gasteiger partial charge in [-0.25, -0.2) is 4.68 Å². The molecule has 2 aromatic carbocycles. The van der Waals surface area contributed by atoms with Crippen LogP contribution in [0.5, 0.6) is 0 Å². The normalized spacial score (nSPS) is 16.1. The number of aliphatic hydroxyl groups is 1. The highest BCUT2D eigenvalue weighted by Gasteiger charge is 2.33. The van der Waals surface area contributed by atoms with Crippen LogP contribution < -0.4 is 0 Å². The molecule has 0 radical (unpaired) electrons. The number of benzene rings is 2. The van der Waals surface area contributed by atoms with Crippen LogP contribution in [-0.2, 0) is 19.5 Å². The number of amides is 1. The predicted molar refractivity (Wildman–Crippen MR) is 123 cm³/mol. The maximum Gasteiger partial charge on any atom is 0.275 e. The SMILES string of the molecule is CN(CCc1ccccc1)C(=O)c1cn(CC2(O)CCN(Cc3ccccc3)CC2)nn1. The van der Waals surface area contributed by atoms with Crippen LogP contribution >= 0.6 is 0 Å². The van der Waals surface area contributed by atoms with E-state index in [4.69, 9.17) is 0 Å². The number of rotatable bonds is 8. The molecule has 0 bridgehead atoms. The Morgan fingerprint density at radius 2 is 1.66 bits per heavy atom. The van der Waals surface area contributed by atoms with E-state index in [1.165, 1.54) is 11.1 Å². The molecule has 168 valence electrons. The van der Waals surface area contributed by atoms with Crippen molar-refractivity contribution in [2.24, 2.45) is 0 Å². The average Bonchev–Trinajstić information content (AvgIpc) is 3.28. The van der Waals surface area contributed by atoms with E-state index in [2.05, 4.69) is 51.6 Å². The topological polar surface area (TPSA) is 74.5 Å². The summed E-state index contributed by atoms with van der Waals surface area (Å²) in [5, 5.41) is 19.2. The van der Waals surface area contributed by atoms with Crippen molar-refractivity contribution in [3.63, 3.8) is 0 Å². The Kier molecular flexibility index (Phi) is 6.97. The molecule has 0 spiro atoms. The third kappa shape index (κ3) is 5.81. The number of piperidine rings is 1. The van der Waals surface area contributed by atoms with Crippen molar-refractivity contribution >= 4 is 5.91 Å². The molecule has 7 nitrogen and oxygen atoms in total. The van der Waals surface area contributed by atoms with Crippen LogP contribution in [0, 0.1) is 0 Å². The van der Waals surface area contributed by atoms with Crippen molar-refractivity contribution in [3.8, 4) is 0 Å². The van der Waals surface area contributed by atoms with Crippen molar-refractivity contribution in [1.82, 2.24) is 24.8 Å². The summed E-state index contributed by atoms with van der Waals surface area (Å²) in [5.41, 5.74) is 1.96. The summed E-state index contributed by atoms with van der Waals surface area (Å²) in [7, 11) is 1.78. The van der Waals surface area contributed by atoms with Gasteiger partial charge < -0.3 is 10.0 Å². The van der Waals surface area contributed by atoms with Crippen LogP contribution in [0.1, 0.15) is 34.5 Å². The second kappa shape index (κ2) is 10.1. The van der Waals surface area contributed by atoms with E-state index in [0.29, 0.717) is 31.6 Å². The van der Waals surface area contributed by atoms with E-state index in [0.717, 1.165) is 26.1 Å². The van der Waals surface area contributed by atoms with Gasteiger partial charge >= 0.3 is 0 Å². The van der Waals surface area contributed by atoms with E-state index in [1.54, 1.807) is 22.8 Å². The summed E-state index contributed by atoms with van der Waals surface area (Å²) < 4.78 is 1.60. The first-order chi connectivity index (χ1) is 15.5. The molecule has 1 fully saturated rings. The zero-order chi connectivity index (χ0) is 22.4. The third-order valence-electron chi connectivity index (χ3n) is 6.18. The second-order valence-corrected chi connectivity index (χ2v) is 8.75. The van der Waals surface area contributed by atoms with E-state index in [9.17, 15) is 9.90 Å². The quantitative estimate of drug-likeness (QED) is 0.591. The number of carbonyl (C=O) groups excluding carboxylic acids is 1. The van der Waals surface area contributed by atoms with Gasteiger partial charge in [-0.1, -0.05) is 65.9 Å². The lowest BCUT2D eigenvalue weighted by Crippen LogP contribution is -2.46. The minimum Gasteiger partial charge on any atom is -0.388 e. The maximum atomic E-state index is 12.7. The molecule has 0 unspecified atom stereocenters. The molecule has 3 aromatic rings. The second-order valence-electron chi connectivity index (χ2n) is 8.75. The van der Waals surface area contributed by atoms with E-state index in [1.807, 2.05) is 24.3 Å². The van der Waals surface area contributed by atoms with Gasteiger partial charge in [-0.15, -0.1) is 5.10 Å². The molecule has 32 heavy (non-hydrogen) atoms. The Balaban J connectivity index is 1.27. The molecule has 0 aliphatic carbocycles. The number of aromatic nitrogens is 3. The van der Waals surface area contributed by atoms with Crippen molar-refractivity contribution in [3.05, 3.63) is 83.7 Å². The number of carbonyl (C=O) groups is 1. The number of nitrogens with zero attached hydrogens (tertiary/aromatic N) is 5. The molecule has 7 heteroatoms. The van der Waals surface area contributed by atoms with Gasteiger partial charge in [0.1, 0.15) is 0 Å². The third-order valence-corrected chi connectivity index (χ3v) is 6.18. The van der Waals surface area contributed by atoms with Gasteiger partial charge in [-0.2, -0.15) is 0 Å². The zero-order valence-electron chi connectivity index (χ0n) is 18.6. The fourth-order valence-corrected chi connectivity index (χ4v) is 4.14. The van der Waals surface area contributed by atoms with Crippen LogP contribution in [-0.4, -0.2) is 68.1 Å². The molecule has 4 rings (SSSR count). The van der Waals surface area contributed by atoms with Crippen molar-refractivity contribution < 1.29 is 9.90 Å². The summed E-state index contributed by atoms with van der Waals surface area (Å²) in [6.07, 6.45) is 3.77. The molecule has 1 N–H and O–H groups in total. The largest absolute Gasteiger partial charge is 0.388 e. The average molecular weight is 434 g/mol. The summed E-state index contributed by atoms with van der Waals surface area (Å²) in [6.45, 7) is 3.51. The van der Waals surface area contributed by atoms with Crippen LogP contribution in [0.4, 0.5) is 0 Å². The molecule has 1 aromatic heterocycles. The maximum absolute atomic E-state index is 12.7. The molecule has 1 amide bonds. The minimum absolute atomic E-state index is 0.156. The van der Waals surface area contributed by atoms with Gasteiger partial charge in [0, 0.05) is 33.2 Å². The fraction of sp³-hybridized carbons (Fsp3) is 0.400. The molecule has 0 saturated carbocycles. The summed E-state index contributed by atoms with van der Waals surface area (Å²) in [6, 6.07) is 20.5. The summed E-state index contributed by atoms with van der Waals surface area (Å²) in [5.74, 6) is -0.156. The molecule has 1 aliphatic heterocycles. The van der Waals surface area contributed by atoms with Crippen molar-refractivity contribution in [2.45, 2.75) is 38.0 Å². The van der Waals surface area contributed by atoms with Gasteiger partial charge in [-0.05, 0) is 30.4 Å². The number of likely N-dealkylation sites (tertiary alicyclic amines) is 1. The minimum atomic E-state index is -0.833. The van der Waals surface area contributed by atoms with E-state index in [-0.39, 0.29) is 5.91 Å². The first kappa shape index (κ1) is 22.2. The monoisotopic (exact) mass is 433 g/mol. The molecule has 0 atom stereocenters. The number of hydrogen-bond acceptors (Lipinski definition) is 5. The predicted octanol–water partition coefficient (Wildman–Crippen LogP) is 2.62. The fourth-order valence-electron chi connectivity index (χ4n) is 4.14. The highest BCUT2D eigenvalue weighted by molar-refractivity contribution is 5.91. The summed E-state index contributed by atoms with van der Waals surface area (Å²) in [4.78, 5) is 16.7. The lowest BCUT2D eigenvalue weighted by atomic mass is 9.91. The highest BCUT2D eigenvalue weighted by Crippen LogP contribution is 2.25. The number of hydrogen-bond donors (Lipinski definition) is 1. The highest BCUT2D eigenvalue weighted by atomic mass is 16.3. The Morgan fingerprint density at radius 3 is 2.31 bits per heavy atom. The molecular formula is C25H31N5O2. The Bertz CT molecular complexity index is 997. The van der Waals surface area contributed by atoms with Crippen LogP contribution in [0.3, 0.4) is 0 Å².